The van der Waals surface area contributed by atoms with Gasteiger partial charge in [-0.15, -0.1) is 0 Å². The van der Waals surface area contributed by atoms with E-state index in [1.54, 1.807) is 21.3 Å². The summed E-state index contributed by atoms with van der Waals surface area (Å²) < 4.78 is 24.2. The number of rotatable bonds is 13. The van der Waals surface area contributed by atoms with Gasteiger partial charge in [-0.25, -0.2) is 14.4 Å². The number of hydrogen-bond donors (Lipinski definition) is 3. The summed E-state index contributed by atoms with van der Waals surface area (Å²) in [6, 6.07) is 0.989. The Balaban J connectivity index is -0.000000584. The van der Waals surface area contributed by atoms with Gasteiger partial charge in [0.25, 0.3) is 0 Å². The zero-order valence-electron chi connectivity index (χ0n) is 25.3. The van der Waals surface area contributed by atoms with Crippen LogP contribution in [0.3, 0.4) is 0 Å². The van der Waals surface area contributed by atoms with Crippen LogP contribution in [-0.4, -0.2) is 81.1 Å². The predicted molar refractivity (Wildman–Crippen MR) is 155 cm³/mol. The van der Waals surface area contributed by atoms with Crippen molar-refractivity contribution in [2.24, 2.45) is 0 Å². The number of methoxy groups -OCH3 is 1. The van der Waals surface area contributed by atoms with E-state index < -0.39 is 26.5 Å². The van der Waals surface area contributed by atoms with Gasteiger partial charge in [0.05, 0.1) is 6.10 Å². The topological polar surface area (TPSA) is 149 Å². The average Bonchev–Trinajstić information content (AvgIpc) is 2.88. The summed E-state index contributed by atoms with van der Waals surface area (Å²) in [7, 11) is 2.94. The molecule has 0 aromatic heterocycles. The molecule has 1 fully saturated rings. The largest absolute Gasteiger partial charge is 0.478 e. The maximum Gasteiger partial charge on any atom is 0.373 e. The van der Waals surface area contributed by atoms with Gasteiger partial charge in [0.15, 0.2) is 0 Å². The zero-order valence-corrected chi connectivity index (χ0v) is 26.3. The third-order valence-corrected chi connectivity index (χ3v) is 10.3. The molecule has 10 nitrogen and oxygen atoms in total. The van der Waals surface area contributed by atoms with Crippen LogP contribution < -0.4 is 0 Å². The molecule has 11 heteroatoms. The van der Waals surface area contributed by atoms with E-state index in [4.69, 9.17) is 33.6 Å². The van der Waals surface area contributed by atoms with Crippen molar-refractivity contribution in [1.82, 2.24) is 0 Å². The first-order valence-electron chi connectivity index (χ1n) is 13.0. The van der Waals surface area contributed by atoms with Crippen molar-refractivity contribution in [3.8, 4) is 0 Å². The molecule has 0 spiro atoms. The third-order valence-electron chi connectivity index (χ3n) is 5.94. The van der Waals surface area contributed by atoms with E-state index in [1.807, 2.05) is 0 Å². The molecule has 0 saturated carbocycles. The molecule has 39 heavy (non-hydrogen) atoms. The highest BCUT2D eigenvalue weighted by molar-refractivity contribution is 6.71. The molecule has 0 aliphatic carbocycles. The van der Waals surface area contributed by atoms with E-state index in [9.17, 15) is 14.4 Å². The molecule has 1 rings (SSSR count). The summed E-state index contributed by atoms with van der Waals surface area (Å²) in [5, 5.41) is 23.3. The second-order valence-electron chi connectivity index (χ2n) is 9.22. The smallest absolute Gasteiger partial charge is 0.373 e. The number of carboxylic acid groups (broad SMARTS) is 3. The van der Waals surface area contributed by atoms with E-state index in [0.717, 1.165) is 44.8 Å². The minimum atomic E-state index is -2.41. The molecule has 1 aliphatic rings. The van der Waals surface area contributed by atoms with Crippen molar-refractivity contribution in [2.75, 3.05) is 27.9 Å². The van der Waals surface area contributed by atoms with E-state index in [-0.39, 0.29) is 28.0 Å². The Hall–Kier alpha value is -2.31. The first-order valence-corrected chi connectivity index (χ1v) is 15.0. The lowest BCUT2D eigenvalue weighted by Gasteiger charge is -2.51. The Labute approximate surface area is 235 Å². The van der Waals surface area contributed by atoms with Crippen LogP contribution in [0.25, 0.3) is 0 Å². The number of unbranched alkanes of at least 4 members (excludes halogenated alkanes) is 2. The highest BCUT2D eigenvalue weighted by atomic mass is 28.4. The molecule has 3 N–H and O–H groups in total. The van der Waals surface area contributed by atoms with E-state index in [1.165, 1.54) is 33.6 Å². The number of ether oxygens (including phenoxy) is 2. The summed E-state index contributed by atoms with van der Waals surface area (Å²) in [5.41, 5.74) is 0.528. The summed E-state index contributed by atoms with van der Waals surface area (Å²) in [5.74, 6) is -2.81. The Kier molecular flexibility index (Phi) is 23.8. The first-order chi connectivity index (χ1) is 18.1. The van der Waals surface area contributed by atoms with Gasteiger partial charge >= 0.3 is 26.5 Å². The highest BCUT2D eigenvalue weighted by Crippen LogP contribution is 2.44. The molecule has 0 aromatic carbocycles. The molecular formula is C28H52O10Si. The normalized spacial score (nSPS) is 18.9. The first kappa shape index (κ1) is 41.2. The molecule has 0 bridgehead atoms. The molecular weight excluding hydrogens is 524 g/mol. The van der Waals surface area contributed by atoms with Crippen LogP contribution in [0.4, 0.5) is 0 Å². The summed E-state index contributed by atoms with van der Waals surface area (Å²) in [6.45, 7) is 19.0. The Morgan fingerprint density at radius 3 is 1.51 bits per heavy atom. The van der Waals surface area contributed by atoms with Crippen LogP contribution in [-0.2, 0) is 32.7 Å². The molecule has 1 saturated heterocycles. The maximum absolute atomic E-state index is 9.60. The number of hydrogen-bond acceptors (Lipinski definition) is 7. The van der Waals surface area contributed by atoms with Crippen LogP contribution >= 0.6 is 0 Å². The van der Waals surface area contributed by atoms with E-state index in [0.29, 0.717) is 0 Å². The van der Waals surface area contributed by atoms with E-state index >= 15 is 0 Å². The SMILES string of the molecule is C=C(C)C(=O)O.C=C(C)C(=O)O.C=C(C)C(=O)O.CCCCCOC1CCC[Si](OC)(OC)C1(CCC)OC. The lowest BCUT2D eigenvalue weighted by Crippen LogP contribution is -2.71. The number of carboxylic acids is 3. The monoisotopic (exact) mass is 576 g/mol. The molecule has 1 aliphatic heterocycles. The Morgan fingerprint density at radius 2 is 1.23 bits per heavy atom. The van der Waals surface area contributed by atoms with Crippen molar-refractivity contribution < 1.29 is 48.0 Å². The molecule has 0 amide bonds. The fourth-order valence-corrected chi connectivity index (χ4v) is 7.77. The third kappa shape index (κ3) is 15.8. The lowest BCUT2D eigenvalue weighted by atomic mass is 10.0. The lowest BCUT2D eigenvalue weighted by molar-refractivity contribution is -0.133. The minimum Gasteiger partial charge on any atom is -0.478 e. The standard InChI is InChI=1S/C16H34O4Si.3C4H6O2/c1-6-8-9-13-20-15-11-10-14-21(18-4,19-5)16(15,17-3)12-7-2;3*1-3(2)4(5)6/h15H,6-14H2,1-5H3;3*1H2,2H3,(H,5,6). The summed E-state index contributed by atoms with van der Waals surface area (Å²) in [6.07, 6.45) is 7.78. The van der Waals surface area contributed by atoms with Crippen LogP contribution in [0.1, 0.15) is 79.6 Å². The predicted octanol–water partition coefficient (Wildman–Crippen LogP) is 5.76. The van der Waals surface area contributed by atoms with Crippen LogP contribution in [0.2, 0.25) is 6.04 Å². The second kappa shape index (κ2) is 22.5. The highest BCUT2D eigenvalue weighted by Gasteiger charge is 2.63. The van der Waals surface area contributed by atoms with Gasteiger partial charge in [0, 0.05) is 44.7 Å². The van der Waals surface area contributed by atoms with Gasteiger partial charge in [0.1, 0.15) is 5.22 Å². The number of aliphatic carboxylic acids is 3. The fraction of sp³-hybridized carbons (Fsp3) is 0.679. The van der Waals surface area contributed by atoms with Gasteiger partial charge in [0.2, 0.25) is 0 Å². The van der Waals surface area contributed by atoms with Gasteiger partial charge in [-0.05, 0) is 52.5 Å². The molecule has 0 radical (unpaired) electrons. The fourth-order valence-electron chi connectivity index (χ4n) is 3.75. The van der Waals surface area contributed by atoms with Gasteiger partial charge in [-0.3, -0.25) is 0 Å². The Bertz CT molecular complexity index is 683. The van der Waals surface area contributed by atoms with Crippen molar-refractivity contribution in [2.45, 2.75) is 96.9 Å². The second-order valence-corrected chi connectivity index (χ2v) is 12.9. The van der Waals surface area contributed by atoms with Crippen LogP contribution in [0.5, 0.6) is 0 Å². The van der Waals surface area contributed by atoms with Gasteiger partial charge in [-0.1, -0.05) is 52.8 Å². The van der Waals surface area contributed by atoms with Gasteiger partial charge in [-0.2, -0.15) is 0 Å². The van der Waals surface area contributed by atoms with Crippen molar-refractivity contribution in [3.05, 3.63) is 36.5 Å². The summed E-state index contributed by atoms with van der Waals surface area (Å²) >= 11 is 0. The van der Waals surface area contributed by atoms with Crippen molar-refractivity contribution in [3.63, 3.8) is 0 Å². The number of carbonyl (C=O) groups is 3. The van der Waals surface area contributed by atoms with Crippen LogP contribution in [0, 0.1) is 0 Å². The minimum absolute atomic E-state index is 0.0969. The van der Waals surface area contributed by atoms with E-state index in [2.05, 4.69) is 33.6 Å². The Morgan fingerprint density at radius 1 is 0.821 bits per heavy atom. The molecule has 228 valence electrons. The maximum atomic E-state index is 9.60. The molecule has 0 aromatic rings. The quantitative estimate of drug-likeness (QED) is 0.140. The van der Waals surface area contributed by atoms with Gasteiger partial charge < -0.3 is 33.6 Å². The zero-order chi connectivity index (χ0) is 31.2. The van der Waals surface area contributed by atoms with Crippen molar-refractivity contribution >= 4 is 26.5 Å². The molecule has 2 unspecified atom stereocenters. The summed E-state index contributed by atoms with van der Waals surface area (Å²) in [4.78, 5) is 28.8. The molecule has 2 atom stereocenters. The van der Waals surface area contributed by atoms with Crippen LogP contribution in [0.15, 0.2) is 36.5 Å². The average molecular weight is 577 g/mol. The molecule has 1 heterocycles. The van der Waals surface area contributed by atoms with Crippen molar-refractivity contribution in [1.29, 1.82) is 0 Å².